The van der Waals surface area contributed by atoms with Gasteiger partial charge in [0.05, 0.1) is 0 Å². The van der Waals surface area contributed by atoms with Crippen LogP contribution in [0.25, 0.3) is 0 Å². The zero-order chi connectivity index (χ0) is 12.1. The van der Waals surface area contributed by atoms with Gasteiger partial charge in [-0.2, -0.15) is 0 Å². The Labute approximate surface area is 106 Å². The van der Waals surface area contributed by atoms with Crippen LogP contribution in [0.15, 0.2) is 24.3 Å². The third kappa shape index (κ3) is 3.49. The van der Waals surface area contributed by atoms with E-state index in [1.807, 2.05) is 0 Å². The van der Waals surface area contributed by atoms with E-state index in [1.54, 1.807) is 0 Å². The molecule has 0 spiro atoms. The van der Waals surface area contributed by atoms with E-state index < -0.39 is 0 Å². The quantitative estimate of drug-likeness (QED) is 0.767. The van der Waals surface area contributed by atoms with E-state index >= 15 is 0 Å². The smallest absolute Gasteiger partial charge is 0.0375 e. The Morgan fingerprint density at radius 3 is 2.59 bits per heavy atom. The molecule has 17 heavy (non-hydrogen) atoms. The lowest BCUT2D eigenvalue weighted by Crippen LogP contribution is -2.08. The van der Waals surface area contributed by atoms with E-state index in [2.05, 4.69) is 43.4 Å². The highest BCUT2D eigenvalue weighted by Gasteiger charge is 2.14. The molecule has 1 aliphatic carbocycles. The van der Waals surface area contributed by atoms with Crippen molar-refractivity contribution in [3.05, 3.63) is 29.8 Å². The van der Waals surface area contributed by atoms with Gasteiger partial charge in [0.25, 0.3) is 0 Å². The first-order valence-corrected chi connectivity index (χ1v) is 7.10. The average Bonchev–Trinajstić information content (AvgIpc) is 2.82. The Morgan fingerprint density at radius 2 is 1.88 bits per heavy atom. The van der Waals surface area contributed by atoms with Crippen LogP contribution in [0.3, 0.4) is 0 Å². The molecule has 0 radical (unpaired) electrons. The van der Waals surface area contributed by atoms with Crippen molar-refractivity contribution in [2.24, 2.45) is 5.92 Å². The Morgan fingerprint density at radius 1 is 1.18 bits per heavy atom. The van der Waals surface area contributed by atoms with E-state index in [0.29, 0.717) is 5.92 Å². The van der Waals surface area contributed by atoms with Crippen LogP contribution >= 0.6 is 0 Å². The molecule has 1 saturated carbocycles. The molecule has 0 amide bonds. The maximum atomic E-state index is 3.62. The predicted octanol–water partition coefficient (Wildman–Crippen LogP) is 4.80. The summed E-state index contributed by atoms with van der Waals surface area (Å²) in [5, 5.41) is 3.62. The molecule has 1 fully saturated rings. The summed E-state index contributed by atoms with van der Waals surface area (Å²) in [5.74, 6) is 1.58. The molecule has 0 aliphatic heterocycles. The Balaban J connectivity index is 1.85. The normalized spacial score (nSPS) is 16.6. The van der Waals surface area contributed by atoms with E-state index in [-0.39, 0.29) is 0 Å². The van der Waals surface area contributed by atoms with Crippen LogP contribution < -0.4 is 5.32 Å². The SMILES string of the molecule is CC(C)c1ccccc1NCCC1CCCC1. The van der Waals surface area contributed by atoms with Gasteiger partial charge in [-0.15, -0.1) is 0 Å². The third-order valence-electron chi connectivity index (χ3n) is 3.93. The van der Waals surface area contributed by atoms with E-state index in [0.717, 1.165) is 12.5 Å². The number of benzene rings is 1. The van der Waals surface area contributed by atoms with E-state index in [9.17, 15) is 0 Å². The first-order valence-electron chi connectivity index (χ1n) is 7.10. The van der Waals surface area contributed by atoms with Gasteiger partial charge < -0.3 is 5.32 Å². The second-order valence-electron chi connectivity index (χ2n) is 5.61. The number of para-hydroxylation sites is 1. The summed E-state index contributed by atoms with van der Waals surface area (Å²) in [6.45, 7) is 5.66. The maximum absolute atomic E-state index is 3.62. The molecule has 0 aromatic heterocycles. The highest BCUT2D eigenvalue weighted by atomic mass is 14.9. The van der Waals surface area contributed by atoms with Gasteiger partial charge in [0.2, 0.25) is 0 Å². The van der Waals surface area contributed by atoms with Crippen molar-refractivity contribution in [1.29, 1.82) is 0 Å². The van der Waals surface area contributed by atoms with Crippen molar-refractivity contribution < 1.29 is 0 Å². The second-order valence-corrected chi connectivity index (χ2v) is 5.61. The number of hydrogen-bond donors (Lipinski definition) is 1. The van der Waals surface area contributed by atoms with E-state index in [4.69, 9.17) is 0 Å². The first kappa shape index (κ1) is 12.5. The standard InChI is InChI=1S/C16H25N/c1-13(2)15-9-5-6-10-16(15)17-12-11-14-7-3-4-8-14/h5-6,9-10,13-14,17H,3-4,7-8,11-12H2,1-2H3. The van der Waals surface area contributed by atoms with Crippen molar-refractivity contribution in [2.75, 3.05) is 11.9 Å². The van der Waals surface area contributed by atoms with Gasteiger partial charge in [0, 0.05) is 12.2 Å². The topological polar surface area (TPSA) is 12.0 Å². The lowest BCUT2D eigenvalue weighted by atomic mass is 10.0. The maximum Gasteiger partial charge on any atom is 0.0375 e. The van der Waals surface area contributed by atoms with Crippen molar-refractivity contribution >= 4 is 5.69 Å². The predicted molar refractivity (Wildman–Crippen MR) is 75.6 cm³/mol. The molecule has 0 unspecified atom stereocenters. The van der Waals surface area contributed by atoms with Crippen LogP contribution in [0.5, 0.6) is 0 Å². The Hall–Kier alpha value is -0.980. The monoisotopic (exact) mass is 231 g/mol. The molecule has 2 rings (SSSR count). The minimum Gasteiger partial charge on any atom is -0.385 e. The third-order valence-corrected chi connectivity index (χ3v) is 3.93. The van der Waals surface area contributed by atoms with Gasteiger partial charge in [0.1, 0.15) is 0 Å². The van der Waals surface area contributed by atoms with Crippen LogP contribution in [0.1, 0.15) is 57.4 Å². The number of hydrogen-bond acceptors (Lipinski definition) is 1. The zero-order valence-electron chi connectivity index (χ0n) is 11.2. The molecule has 1 aromatic rings. The van der Waals surface area contributed by atoms with Crippen molar-refractivity contribution in [3.63, 3.8) is 0 Å². The molecular formula is C16H25N. The van der Waals surface area contributed by atoms with Gasteiger partial charge in [-0.1, -0.05) is 57.7 Å². The van der Waals surface area contributed by atoms with Crippen LogP contribution in [0.4, 0.5) is 5.69 Å². The van der Waals surface area contributed by atoms with Crippen molar-refractivity contribution in [3.8, 4) is 0 Å². The molecule has 1 aromatic carbocycles. The molecule has 0 bridgehead atoms. The number of anilines is 1. The fourth-order valence-electron chi connectivity index (χ4n) is 2.87. The minimum absolute atomic E-state index is 0.602. The number of nitrogens with one attached hydrogen (secondary N) is 1. The summed E-state index contributed by atoms with van der Waals surface area (Å²) >= 11 is 0. The van der Waals surface area contributed by atoms with Crippen LogP contribution in [0, 0.1) is 5.92 Å². The largest absolute Gasteiger partial charge is 0.385 e. The molecule has 1 nitrogen and oxygen atoms in total. The second kappa shape index (κ2) is 6.09. The summed E-state index contributed by atoms with van der Waals surface area (Å²) in [7, 11) is 0. The number of rotatable bonds is 5. The Kier molecular flexibility index (Phi) is 4.47. The highest BCUT2D eigenvalue weighted by Crippen LogP contribution is 2.28. The van der Waals surface area contributed by atoms with Gasteiger partial charge in [0.15, 0.2) is 0 Å². The fourth-order valence-corrected chi connectivity index (χ4v) is 2.87. The summed E-state index contributed by atoms with van der Waals surface area (Å²) in [6.07, 6.45) is 7.15. The minimum atomic E-state index is 0.602. The average molecular weight is 231 g/mol. The zero-order valence-corrected chi connectivity index (χ0v) is 11.2. The molecule has 94 valence electrons. The first-order chi connectivity index (χ1) is 8.27. The molecular weight excluding hydrogens is 206 g/mol. The van der Waals surface area contributed by atoms with E-state index in [1.165, 1.54) is 43.4 Å². The van der Waals surface area contributed by atoms with Crippen LogP contribution in [-0.4, -0.2) is 6.54 Å². The molecule has 1 N–H and O–H groups in total. The lowest BCUT2D eigenvalue weighted by Gasteiger charge is -2.16. The fraction of sp³-hybridized carbons (Fsp3) is 0.625. The summed E-state index contributed by atoms with van der Waals surface area (Å²) in [6, 6.07) is 8.72. The van der Waals surface area contributed by atoms with Crippen molar-refractivity contribution in [2.45, 2.75) is 51.9 Å². The summed E-state index contributed by atoms with van der Waals surface area (Å²) in [4.78, 5) is 0. The molecule has 0 saturated heterocycles. The van der Waals surface area contributed by atoms with Gasteiger partial charge >= 0.3 is 0 Å². The van der Waals surface area contributed by atoms with Crippen LogP contribution in [-0.2, 0) is 0 Å². The van der Waals surface area contributed by atoms with Gasteiger partial charge in [-0.05, 0) is 29.9 Å². The van der Waals surface area contributed by atoms with Crippen molar-refractivity contribution in [1.82, 2.24) is 0 Å². The molecule has 1 aliphatic rings. The molecule has 0 atom stereocenters. The van der Waals surface area contributed by atoms with Gasteiger partial charge in [-0.3, -0.25) is 0 Å². The summed E-state index contributed by atoms with van der Waals surface area (Å²) in [5.41, 5.74) is 2.78. The summed E-state index contributed by atoms with van der Waals surface area (Å²) < 4.78 is 0. The lowest BCUT2D eigenvalue weighted by molar-refractivity contribution is 0.518. The highest BCUT2D eigenvalue weighted by molar-refractivity contribution is 5.52. The Bertz CT molecular complexity index is 337. The van der Waals surface area contributed by atoms with Gasteiger partial charge in [-0.25, -0.2) is 0 Å². The van der Waals surface area contributed by atoms with Crippen LogP contribution in [0.2, 0.25) is 0 Å². The molecule has 0 heterocycles. The molecule has 1 heteroatoms.